The Morgan fingerprint density at radius 1 is 1.00 bits per heavy atom. The predicted octanol–water partition coefficient (Wildman–Crippen LogP) is 4.14. The molecule has 1 amide bonds. The Balaban J connectivity index is 1.52. The van der Waals surface area contributed by atoms with E-state index in [1.807, 2.05) is 6.92 Å². The first-order valence-corrected chi connectivity index (χ1v) is 21.0. The van der Waals surface area contributed by atoms with E-state index in [-0.39, 0.29) is 35.5 Å². The smallest absolute Gasteiger partial charge is 0.338 e. The molecule has 0 radical (unpaired) electrons. The van der Waals surface area contributed by atoms with Crippen LogP contribution in [0, 0.1) is 16.7 Å². The lowest BCUT2D eigenvalue weighted by atomic mass is 9.44. The van der Waals surface area contributed by atoms with Crippen molar-refractivity contribution in [1.82, 2.24) is 5.32 Å². The average Bonchev–Trinajstić information content (AvgIpc) is 3.73. The molecule has 4 N–H and O–H groups in total. The second kappa shape index (κ2) is 17.1. The summed E-state index contributed by atoms with van der Waals surface area (Å²) in [4.78, 5) is 82.6. The van der Waals surface area contributed by atoms with Crippen molar-refractivity contribution in [3.63, 3.8) is 0 Å². The molecule has 4 aliphatic rings. The first kappa shape index (κ1) is 45.0. The number of esters is 4. The molecule has 1 aromatic heterocycles. The lowest BCUT2D eigenvalue weighted by Gasteiger charge is -2.67. The number of aliphatic hydroxyl groups is 3. The number of nitrogens with one attached hydrogen (secondary N) is 1. The zero-order valence-electron chi connectivity index (χ0n) is 34.6. The Hall–Kier alpha value is -4.55. The summed E-state index contributed by atoms with van der Waals surface area (Å²) in [6.07, 6.45) is -7.64. The molecule has 1 aromatic carbocycles. The number of carbonyl (C=O) groups excluding carboxylic acids is 6. The molecular weight excluding hydrogens is 803 g/mol. The van der Waals surface area contributed by atoms with Gasteiger partial charge in [-0.3, -0.25) is 19.2 Å². The van der Waals surface area contributed by atoms with Crippen LogP contribution in [0.2, 0.25) is 0 Å². The van der Waals surface area contributed by atoms with Gasteiger partial charge < -0.3 is 48.7 Å². The van der Waals surface area contributed by atoms with Gasteiger partial charge in [-0.15, -0.1) is 0 Å². The highest BCUT2D eigenvalue weighted by molar-refractivity contribution is 8.13. The number of carbonyl (C=O) groups is 6. The van der Waals surface area contributed by atoms with Gasteiger partial charge >= 0.3 is 23.9 Å². The molecule has 2 bridgehead atoms. The molecule has 326 valence electrons. The zero-order valence-corrected chi connectivity index (χ0v) is 35.4. The molecule has 60 heavy (non-hydrogen) atoms. The highest BCUT2D eigenvalue weighted by atomic mass is 32.2. The third-order valence-electron chi connectivity index (χ3n) is 12.9. The third-order valence-corrected chi connectivity index (χ3v) is 13.7. The van der Waals surface area contributed by atoms with Crippen LogP contribution in [0.4, 0.5) is 4.79 Å². The maximum atomic E-state index is 15.4. The Kier molecular flexibility index (Phi) is 12.8. The number of thioether (sulfide) groups is 1. The first-order chi connectivity index (χ1) is 28.2. The number of hydrogen-bond acceptors (Lipinski definition) is 16. The van der Waals surface area contributed by atoms with Crippen molar-refractivity contribution < 1.29 is 72.2 Å². The molecule has 2 aromatic rings. The molecule has 2 heterocycles. The topological polar surface area (TPSA) is 234 Å². The molecular formula is C43H53NO15S. The molecule has 1 unspecified atom stereocenters. The van der Waals surface area contributed by atoms with Gasteiger partial charge in [0.2, 0.25) is 0 Å². The quantitative estimate of drug-likeness (QED) is 0.102. The number of aliphatic hydroxyl groups excluding tert-OH is 2. The van der Waals surface area contributed by atoms with Crippen molar-refractivity contribution in [2.75, 3.05) is 12.4 Å². The Morgan fingerprint density at radius 3 is 2.28 bits per heavy atom. The van der Waals surface area contributed by atoms with E-state index in [4.69, 9.17) is 28.1 Å². The van der Waals surface area contributed by atoms with Crippen molar-refractivity contribution in [1.29, 1.82) is 0 Å². The summed E-state index contributed by atoms with van der Waals surface area (Å²) >= 11 is 0.964. The standard InChI is InChI=1S/C43H53NO15S/c1-8-9-18-60-39(52)44-31(26-16-13-17-54-26)32(48)38(51)57-27-20-43(53)36(58-37(50)25-14-11-10-12-15-25)34-41(7,28(47)19-29-42(34,21-55-29)59-24(4)46)35(49)33(56-23(3)45)30(22(27)2)40(43,5)6/h10-17,27-29,31-34,36,47-48,53H,8-9,18-21H2,1-7H3,(H,44,52)/t27-,28-,29+,31?,32+,33+,34-,36-,41+,42-,43+/m0/s1. The van der Waals surface area contributed by atoms with Gasteiger partial charge in [-0.2, -0.15) is 0 Å². The summed E-state index contributed by atoms with van der Waals surface area (Å²) < 4.78 is 35.6. The minimum absolute atomic E-state index is 0.00638. The molecule has 1 aliphatic heterocycles. The fourth-order valence-electron chi connectivity index (χ4n) is 9.62. The van der Waals surface area contributed by atoms with Crippen LogP contribution in [-0.2, 0) is 42.9 Å². The molecule has 16 nitrogen and oxygen atoms in total. The van der Waals surface area contributed by atoms with Crippen LogP contribution in [0.25, 0.3) is 0 Å². The molecule has 1 saturated heterocycles. The normalized spacial score (nSPS) is 32.7. The van der Waals surface area contributed by atoms with E-state index in [2.05, 4.69) is 5.32 Å². The van der Waals surface area contributed by atoms with Gasteiger partial charge in [-0.1, -0.05) is 57.2 Å². The fraction of sp³-hybridized carbons (Fsp3) is 0.581. The molecule has 2 saturated carbocycles. The number of benzene rings is 1. The van der Waals surface area contributed by atoms with Gasteiger partial charge in [-0.05, 0) is 55.7 Å². The summed E-state index contributed by atoms with van der Waals surface area (Å²) in [5.74, 6) is -5.74. The number of rotatable bonds is 12. The van der Waals surface area contributed by atoms with E-state index in [1.54, 1.807) is 32.0 Å². The summed E-state index contributed by atoms with van der Waals surface area (Å²) in [6, 6.07) is 9.39. The van der Waals surface area contributed by atoms with E-state index in [0.717, 1.165) is 38.5 Å². The number of furan rings is 1. The summed E-state index contributed by atoms with van der Waals surface area (Å²) in [5, 5.41) is 39.3. The largest absolute Gasteiger partial charge is 0.467 e. The van der Waals surface area contributed by atoms with E-state index in [1.165, 1.54) is 44.4 Å². The lowest BCUT2D eigenvalue weighted by Crippen LogP contribution is -2.82. The number of fused-ring (bicyclic) bond motifs is 5. The maximum absolute atomic E-state index is 15.4. The number of Topliss-reactive ketones (excluding diaryl/α,β-unsaturated/α-hetero) is 1. The van der Waals surface area contributed by atoms with Crippen molar-refractivity contribution in [3.8, 4) is 0 Å². The fourth-order valence-corrected chi connectivity index (χ4v) is 10.4. The number of ketones is 1. The highest BCUT2D eigenvalue weighted by Crippen LogP contribution is 2.64. The number of ether oxygens (including phenoxy) is 5. The van der Waals surface area contributed by atoms with Crippen LogP contribution in [-0.4, -0.2) is 110 Å². The van der Waals surface area contributed by atoms with Crippen molar-refractivity contribution in [2.45, 2.75) is 128 Å². The summed E-state index contributed by atoms with van der Waals surface area (Å²) in [7, 11) is 0. The van der Waals surface area contributed by atoms with Gasteiger partial charge in [0, 0.05) is 37.9 Å². The van der Waals surface area contributed by atoms with Crippen molar-refractivity contribution in [3.05, 3.63) is 71.2 Å². The summed E-state index contributed by atoms with van der Waals surface area (Å²) in [5.41, 5.74) is -7.63. The molecule has 17 heteroatoms. The second-order valence-electron chi connectivity index (χ2n) is 16.8. The second-order valence-corrected chi connectivity index (χ2v) is 17.8. The highest BCUT2D eigenvalue weighted by Gasteiger charge is 2.78. The molecule has 3 fully saturated rings. The number of unbranched alkanes of at least 4 members (excludes halogenated alkanes) is 1. The van der Waals surface area contributed by atoms with E-state index < -0.39 is 112 Å². The first-order valence-electron chi connectivity index (χ1n) is 20.0. The maximum Gasteiger partial charge on any atom is 0.338 e. The number of hydrogen-bond donors (Lipinski definition) is 4. The van der Waals surface area contributed by atoms with Gasteiger partial charge in [-0.25, -0.2) is 9.59 Å². The van der Waals surface area contributed by atoms with Crippen LogP contribution >= 0.6 is 11.8 Å². The average molecular weight is 856 g/mol. The van der Waals surface area contributed by atoms with Crippen molar-refractivity contribution >= 4 is 46.7 Å². The molecule has 6 rings (SSSR count). The van der Waals surface area contributed by atoms with Crippen molar-refractivity contribution in [2.24, 2.45) is 16.7 Å². The van der Waals surface area contributed by atoms with Gasteiger partial charge in [0.25, 0.3) is 5.24 Å². The van der Waals surface area contributed by atoms with E-state index in [9.17, 15) is 39.3 Å². The molecule has 3 aliphatic carbocycles. The Bertz CT molecular complexity index is 2020. The number of amides is 1. The monoisotopic (exact) mass is 855 g/mol. The third kappa shape index (κ3) is 7.67. The van der Waals surface area contributed by atoms with Gasteiger partial charge in [0.15, 0.2) is 23.6 Å². The van der Waals surface area contributed by atoms with Crippen LogP contribution in [0.1, 0.15) is 96.3 Å². The summed E-state index contributed by atoms with van der Waals surface area (Å²) in [6.45, 7) is 9.91. The Labute approximate surface area is 351 Å². The van der Waals surface area contributed by atoms with Crippen LogP contribution in [0.5, 0.6) is 0 Å². The Morgan fingerprint density at radius 2 is 1.70 bits per heavy atom. The van der Waals surface area contributed by atoms with E-state index >= 15 is 4.79 Å². The van der Waals surface area contributed by atoms with Crippen LogP contribution in [0.15, 0.2) is 64.3 Å². The SMILES string of the molecule is CCCCSC(=O)NC(c1ccco1)[C@@H](O)C(=O)O[C@H]1C[C@@]2(O)[C@@H](OC(=O)c3ccccc3)[C@@H]3[C@]4(OC(C)=O)CO[C@@H]4C[C@H](O)[C@@]3(C)C(=O)[C@H](OC(C)=O)C(=C1C)C2(C)C. The molecule has 11 atom stereocenters. The van der Waals surface area contributed by atoms with Gasteiger partial charge in [0.05, 0.1) is 35.9 Å². The van der Waals surface area contributed by atoms with E-state index in [0.29, 0.717) is 5.75 Å². The minimum Gasteiger partial charge on any atom is -0.467 e. The predicted molar refractivity (Wildman–Crippen MR) is 212 cm³/mol. The lowest BCUT2D eigenvalue weighted by molar-refractivity contribution is -0.346. The molecule has 0 spiro atoms. The minimum atomic E-state index is -2.39. The zero-order chi connectivity index (χ0) is 43.9. The van der Waals surface area contributed by atoms with Crippen LogP contribution < -0.4 is 5.32 Å². The van der Waals surface area contributed by atoms with Gasteiger partial charge in [0.1, 0.15) is 35.7 Å². The van der Waals surface area contributed by atoms with Crippen LogP contribution in [0.3, 0.4) is 0 Å².